The maximum atomic E-state index is 6.36. The molecule has 0 aliphatic carbocycles. The zero-order valence-corrected chi connectivity index (χ0v) is 19.3. The number of halogens is 2. The van der Waals surface area contributed by atoms with Crippen molar-refractivity contribution in [1.29, 1.82) is 0 Å². The van der Waals surface area contributed by atoms with Gasteiger partial charge in [0.15, 0.2) is 0 Å². The summed E-state index contributed by atoms with van der Waals surface area (Å²) in [4.78, 5) is 0. The van der Waals surface area contributed by atoms with E-state index < -0.39 is 0 Å². The molecule has 1 aliphatic heterocycles. The van der Waals surface area contributed by atoms with Crippen LogP contribution in [0.1, 0.15) is 36.2 Å². The Bertz CT molecular complexity index is 1130. The molecule has 0 radical (unpaired) electrons. The predicted molar refractivity (Wildman–Crippen MR) is 130 cm³/mol. The molecule has 0 saturated carbocycles. The Morgan fingerprint density at radius 1 is 1.10 bits per heavy atom. The summed E-state index contributed by atoms with van der Waals surface area (Å²) in [6, 6.07) is 18.2. The molecule has 2 heterocycles. The van der Waals surface area contributed by atoms with E-state index in [2.05, 4.69) is 48.4 Å². The van der Waals surface area contributed by atoms with Gasteiger partial charge in [0, 0.05) is 29.6 Å². The van der Waals surface area contributed by atoms with Gasteiger partial charge in [0.2, 0.25) is 0 Å². The minimum Gasteiger partial charge on any atom is -0.385 e. The summed E-state index contributed by atoms with van der Waals surface area (Å²) in [6.45, 7) is 9.26. The Kier molecular flexibility index (Phi) is 6.40. The van der Waals surface area contributed by atoms with Crippen LogP contribution in [-0.2, 0) is 6.42 Å². The highest BCUT2D eigenvalue weighted by Crippen LogP contribution is 2.40. The SMILES string of the molecule is C=C(NCCCc1ccccc1)C1=C(C)Nc2cc(C)nn2C1c1ccc(Cl)c(Cl)c1. The molecule has 160 valence electrons. The second-order valence-corrected chi connectivity index (χ2v) is 8.66. The fourth-order valence-electron chi connectivity index (χ4n) is 4.05. The zero-order chi connectivity index (χ0) is 22.0. The number of anilines is 1. The quantitative estimate of drug-likeness (QED) is 0.400. The van der Waals surface area contributed by atoms with Crippen LogP contribution in [0.4, 0.5) is 5.82 Å². The van der Waals surface area contributed by atoms with Gasteiger partial charge >= 0.3 is 0 Å². The summed E-state index contributed by atoms with van der Waals surface area (Å²) in [5, 5.41) is 12.8. The monoisotopic (exact) mass is 452 g/mol. The number of nitrogens with one attached hydrogen (secondary N) is 2. The first-order valence-electron chi connectivity index (χ1n) is 10.4. The molecule has 1 aromatic heterocycles. The molecule has 6 heteroatoms. The zero-order valence-electron chi connectivity index (χ0n) is 17.8. The van der Waals surface area contributed by atoms with Gasteiger partial charge in [-0.05, 0) is 49.9 Å². The van der Waals surface area contributed by atoms with Crippen LogP contribution in [0.5, 0.6) is 0 Å². The minimum atomic E-state index is -0.145. The second-order valence-electron chi connectivity index (χ2n) is 7.85. The molecule has 0 bridgehead atoms. The summed E-state index contributed by atoms with van der Waals surface area (Å²) in [6.07, 6.45) is 2.04. The van der Waals surface area contributed by atoms with Crippen molar-refractivity contribution in [1.82, 2.24) is 15.1 Å². The molecule has 2 aromatic carbocycles. The van der Waals surface area contributed by atoms with Gasteiger partial charge in [-0.1, -0.05) is 66.2 Å². The predicted octanol–water partition coefficient (Wildman–Crippen LogP) is 6.52. The summed E-state index contributed by atoms with van der Waals surface area (Å²) in [5.41, 5.74) is 6.30. The van der Waals surface area contributed by atoms with Crippen molar-refractivity contribution in [3.8, 4) is 0 Å². The summed E-state index contributed by atoms with van der Waals surface area (Å²) >= 11 is 12.5. The average molecular weight is 453 g/mol. The Balaban J connectivity index is 1.57. The van der Waals surface area contributed by atoms with Gasteiger partial charge in [0.1, 0.15) is 11.9 Å². The average Bonchev–Trinajstić information content (AvgIpc) is 3.12. The molecule has 4 nitrogen and oxygen atoms in total. The maximum Gasteiger partial charge on any atom is 0.129 e. The van der Waals surface area contributed by atoms with E-state index in [-0.39, 0.29) is 6.04 Å². The number of hydrogen-bond donors (Lipinski definition) is 2. The van der Waals surface area contributed by atoms with Crippen molar-refractivity contribution < 1.29 is 0 Å². The van der Waals surface area contributed by atoms with Crippen LogP contribution in [0, 0.1) is 6.92 Å². The van der Waals surface area contributed by atoms with Crippen LogP contribution in [0.25, 0.3) is 0 Å². The summed E-state index contributed by atoms with van der Waals surface area (Å²) in [5.74, 6) is 0.951. The van der Waals surface area contributed by atoms with Crippen LogP contribution in [0.2, 0.25) is 10.0 Å². The van der Waals surface area contributed by atoms with Crippen LogP contribution < -0.4 is 10.6 Å². The molecule has 0 saturated heterocycles. The summed E-state index contributed by atoms with van der Waals surface area (Å²) in [7, 11) is 0. The third-order valence-electron chi connectivity index (χ3n) is 5.50. The Morgan fingerprint density at radius 2 is 1.87 bits per heavy atom. The molecule has 1 aliphatic rings. The number of benzene rings is 2. The molecular formula is C25H26Cl2N4. The molecular weight excluding hydrogens is 427 g/mol. The fourth-order valence-corrected chi connectivity index (χ4v) is 4.35. The van der Waals surface area contributed by atoms with Crippen molar-refractivity contribution in [3.63, 3.8) is 0 Å². The van der Waals surface area contributed by atoms with E-state index in [0.29, 0.717) is 10.0 Å². The Labute approximate surface area is 193 Å². The van der Waals surface area contributed by atoms with Crippen LogP contribution in [0.3, 0.4) is 0 Å². The highest BCUT2D eigenvalue weighted by molar-refractivity contribution is 6.42. The molecule has 4 rings (SSSR count). The van der Waals surface area contributed by atoms with E-state index in [0.717, 1.165) is 53.4 Å². The highest BCUT2D eigenvalue weighted by atomic mass is 35.5. The number of aryl methyl sites for hydroxylation is 2. The van der Waals surface area contributed by atoms with Gasteiger partial charge in [0.05, 0.1) is 15.7 Å². The number of hydrogen-bond acceptors (Lipinski definition) is 3. The topological polar surface area (TPSA) is 41.9 Å². The van der Waals surface area contributed by atoms with Crippen molar-refractivity contribution in [3.05, 3.63) is 105 Å². The minimum absolute atomic E-state index is 0.145. The van der Waals surface area contributed by atoms with Gasteiger partial charge in [0.25, 0.3) is 0 Å². The van der Waals surface area contributed by atoms with Gasteiger partial charge in [-0.2, -0.15) is 5.10 Å². The lowest BCUT2D eigenvalue weighted by molar-refractivity contribution is 0.566. The smallest absolute Gasteiger partial charge is 0.129 e. The standard InChI is InChI=1S/C25H26Cl2N4/c1-16-14-23-29-18(3)24(17(2)28-13-7-10-19-8-5-4-6-9-19)25(31(23)30-16)20-11-12-21(26)22(27)15-20/h4-6,8-9,11-12,14-15,25,28-29H,2,7,10,13H2,1,3H3. The molecule has 1 atom stereocenters. The van der Waals surface area contributed by atoms with Crippen molar-refractivity contribution >= 4 is 29.0 Å². The maximum absolute atomic E-state index is 6.36. The van der Waals surface area contributed by atoms with Crippen LogP contribution in [-0.4, -0.2) is 16.3 Å². The third-order valence-corrected chi connectivity index (χ3v) is 6.24. The van der Waals surface area contributed by atoms with E-state index in [1.165, 1.54) is 5.56 Å². The second kappa shape index (κ2) is 9.21. The normalized spacial score (nSPS) is 15.4. The van der Waals surface area contributed by atoms with E-state index in [9.17, 15) is 0 Å². The lowest BCUT2D eigenvalue weighted by Gasteiger charge is -2.32. The number of aromatic nitrogens is 2. The van der Waals surface area contributed by atoms with Crippen LogP contribution >= 0.6 is 23.2 Å². The van der Waals surface area contributed by atoms with Crippen molar-refractivity contribution in [2.24, 2.45) is 0 Å². The number of fused-ring (bicyclic) bond motifs is 1. The largest absolute Gasteiger partial charge is 0.385 e. The molecule has 3 aromatic rings. The van der Waals surface area contributed by atoms with Crippen LogP contribution in [0.15, 0.2) is 78.1 Å². The van der Waals surface area contributed by atoms with E-state index in [4.69, 9.17) is 28.3 Å². The lowest BCUT2D eigenvalue weighted by atomic mass is 9.93. The van der Waals surface area contributed by atoms with E-state index in [1.54, 1.807) is 0 Å². The Hall–Kier alpha value is -2.69. The molecule has 1 unspecified atom stereocenters. The Morgan fingerprint density at radius 3 is 2.61 bits per heavy atom. The highest BCUT2D eigenvalue weighted by Gasteiger charge is 2.30. The van der Waals surface area contributed by atoms with Crippen molar-refractivity contribution in [2.45, 2.75) is 32.7 Å². The molecule has 0 amide bonds. The number of allylic oxidation sites excluding steroid dienone is 2. The van der Waals surface area contributed by atoms with Crippen molar-refractivity contribution in [2.75, 3.05) is 11.9 Å². The number of nitrogens with zero attached hydrogens (tertiary/aromatic N) is 2. The van der Waals surface area contributed by atoms with E-state index in [1.807, 2.05) is 41.9 Å². The lowest BCUT2D eigenvalue weighted by Crippen LogP contribution is -2.29. The van der Waals surface area contributed by atoms with Gasteiger partial charge < -0.3 is 10.6 Å². The first-order chi connectivity index (χ1) is 14.9. The molecule has 2 N–H and O–H groups in total. The summed E-state index contributed by atoms with van der Waals surface area (Å²) < 4.78 is 1.99. The first kappa shape index (κ1) is 21.5. The molecule has 0 fully saturated rings. The third kappa shape index (κ3) is 4.65. The van der Waals surface area contributed by atoms with E-state index >= 15 is 0 Å². The van der Waals surface area contributed by atoms with Gasteiger partial charge in [-0.25, -0.2) is 4.68 Å². The molecule has 0 spiro atoms. The van der Waals surface area contributed by atoms with Gasteiger partial charge in [-0.15, -0.1) is 0 Å². The van der Waals surface area contributed by atoms with Gasteiger partial charge in [-0.3, -0.25) is 0 Å². The number of rotatable bonds is 7. The first-order valence-corrected chi connectivity index (χ1v) is 11.2. The molecule has 31 heavy (non-hydrogen) atoms. The fraction of sp³-hybridized carbons (Fsp3) is 0.240.